The zero-order valence-corrected chi connectivity index (χ0v) is 19.4. The summed E-state index contributed by atoms with van der Waals surface area (Å²) in [5.74, 6) is -1.31. The third-order valence-electron chi connectivity index (χ3n) is 5.33. The van der Waals surface area contributed by atoms with Crippen molar-refractivity contribution in [3.8, 4) is 0 Å². The lowest BCUT2D eigenvalue weighted by Gasteiger charge is -2.38. The van der Waals surface area contributed by atoms with Crippen LogP contribution in [-0.4, -0.2) is 38.1 Å². The van der Waals surface area contributed by atoms with E-state index in [0.29, 0.717) is 6.61 Å². The first-order valence-electron chi connectivity index (χ1n) is 10.5. The third kappa shape index (κ3) is 13.0. The zero-order chi connectivity index (χ0) is 20.9. The molecule has 0 aromatic rings. The molecule has 0 spiro atoms. The van der Waals surface area contributed by atoms with E-state index in [1.54, 1.807) is 0 Å². The molecule has 0 aromatic heterocycles. The molecule has 0 aliphatic heterocycles. The Hall–Kier alpha value is -0.883. The average Bonchev–Trinajstić information content (AvgIpc) is 2.51. The number of ether oxygens (including phenoxy) is 1. The van der Waals surface area contributed by atoms with Crippen LogP contribution < -0.4 is 0 Å². The average molecular weight is 403 g/mol. The van der Waals surface area contributed by atoms with Gasteiger partial charge in [0.1, 0.15) is 0 Å². The molecule has 0 rings (SSSR count). The van der Waals surface area contributed by atoms with E-state index in [4.69, 9.17) is 14.3 Å². The van der Waals surface area contributed by atoms with E-state index in [2.05, 4.69) is 40.8 Å². The van der Waals surface area contributed by atoms with Crippen LogP contribution in [0.3, 0.4) is 0 Å². The lowest BCUT2D eigenvalue weighted by molar-refractivity contribution is -0.147. The third-order valence-corrected chi connectivity index (χ3v) is 9.86. The molecule has 0 aromatic carbocycles. The van der Waals surface area contributed by atoms with Crippen LogP contribution in [0, 0.1) is 0 Å². The van der Waals surface area contributed by atoms with Gasteiger partial charge in [-0.2, -0.15) is 0 Å². The monoisotopic (exact) mass is 402 g/mol. The minimum Gasteiger partial charge on any atom is -0.481 e. The molecule has 6 heteroatoms. The minimum absolute atomic E-state index is 0.00975. The number of hydrogen-bond acceptors (Lipinski definition) is 4. The molecule has 1 N–H and O–H groups in total. The van der Waals surface area contributed by atoms with Gasteiger partial charge in [-0.25, -0.2) is 0 Å². The van der Waals surface area contributed by atoms with E-state index in [1.165, 1.54) is 38.5 Å². The Kier molecular flexibility index (Phi) is 12.9. The van der Waals surface area contributed by atoms with Crippen molar-refractivity contribution in [2.24, 2.45) is 0 Å². The molecule has 5 nitrogen and oxygen atoms in total. The molecular weight excluding hydrogens is 360 g/mol. The Morgan fingerprint density at radius 1 is 0.926 bits per heavy atom. The molecular formula is C21H42O5Si. The number of carboxylic acid groups (broad SMARTS) is 1. The first-order valence-corrected chi connectivity index (χ1v) is 13.5. The van der Waals surface area contributed by atoms with Crippen molar-refractivity contribution in [2.75, 3.05) is 6.61 Å². The van der Waals surface area contributed by atoms with Gasteiger partial charge in [0.05, 0.1) is 25.6 Å². The fourth-order valence-corrected chi connectivity index (χ4v) is 3.96. The van der Waals surface area contributed by atoms with E-state index in [0.717, 1.165) is 12.8 Å². The summed E-state index contributed by atoms with van der Waals surface area (Å²) in [6, 6.07) is 0. The summed E-state index contributed by atoms with van der Waals surface area (Å²) < 4.78 is 11.4. The molecule has 0 radical (unpaired) electrons. The van der Waals surface area contributed by atoms with E-state index >= 15 is 0 Å². The standard InChI is InChI=1S/C21H42O5Si/c1-7-8-9-10-11-12-13-14-15-25-20(24)17-18(16-19(22)23)26-27(5,6)21(2,3)4/h18H,7-17H2,1-6H3,(H,22,23). The van der Waals surface area contributed by atoms with E-state index < -0.39 is 20.4 Å². The van der Waals surface area contributed by atoms with Gasteiger partial charge in [-0.05, 0) is 24.6 Å². The maximum Gasteiger partial charge on any atom is 0.308 e. The van der Waals surface area contributed by atoms with Gasteiger partial charge in [-0.15, -0.1) is 0 Å². The summed E-state index contributed by atoms with van der Waals surface area (Å²) in [4.78, 5) is 23.2. The van der Waals surface area contributed by atoms with Gasteiger partial charge in [-0.3, -0.25) is 9.59 Å². The van der Waals surface area contributed by atoms with Gasteiger partial charge in [0.25, 0.3) is 0 Å². The number of unbranched alkanes of at least 4 members (excludes halogenated alkanes) is 7. The second kappa shape index (κ2) is 13.3. The van der Waals surface area contributed by atoms with Crippen LogP contribution in [0.1, 0.15) is 91.9 Å². The van der Waals surface area contributed by atoms with Crippen LogP contribution in [-0.2, 0) is 18.8 Å². The second-order valence-electron chi connectivity index (χ2n) is 9.00. The quantitative estimate of drug-likeness (QED) is 0.209. The maximum atomic E-state index is 12.1. The highest BCUT2D eigenvalue weighted by Gasteiger charge is 2.40. The van der Waals surface area contributed by atoms with Crippen molar-refractivity contribution in [3.63, 3.8) is 0 Å². The highest BCUT2D eigenvalue weighted by atomic mass is 28.4. The van der Waals surface area contributed by atoms with Crippen LogP contribution in [0.5, 0.6) is 0 Å². The predicted octanol–water partition coefficient (Wildman–Crippen LogP) is 5.93. The lowest BCUT2D eigenvalue weighted by Crippen LogP contribution is -2.45. The van der Waals surface area contributed by atoms with E-state index in [-0.39, 0.29) is 23.8 Å². The lowest BCUT2D eigenvalue weighted by atomic mass is 10.1. The summed E-state index contributed by atoms with van der Waals surface area (Å²) >= 11 is 0. The van der Waals surface area contributed by atoms with Gasteiger partial charge < -0.3 is 14.3 Å². The SMILES string of the molecule is CCCCCCCCCCOC(=O)CC(CC(=O)O)O[Si](C)(C)C(C)(C)C. The molecule has 0 aliphatic carbocycles. The molecule has 0 aliphatic rings. The zero-order valence-electron chi connectivity index (χ0n) is 18.4. The summed E-state index contributed by atoms with van der Waals surface area (Å²) in [7, 11) is -2.14. The van der Waals surface area contributed by atoms with Gasteiger partial charge in [0.15, 0.2) is 8.32 Å². The Morgan fingerprint density at radius 3 is 1.93 bits per heavy atom. The summed E-state index contributed by atoms with van der Waals surface area (Å²) in [6.45, 7) is 13.0. The summed E-state index contributed by atoms with van der Waals surface area (Å²) in [6.07, 6.45) is 8.75. The topological polar surface area (TPSA) is 72.8 Å². The molecule has 0 amide bonds. The van der Waals surface area contributed by atoms with Crippen molar-refractivity contribution in [1.29, 1.82) is 0 Å². The Bertz CT molecular complexity index is 429. The van der Waals surface area contributed by atoms with Crippen molar-refractivity contribution in [3.05, 3.63) is 0 Å². The number of hydrogen-bond donors (Lipinski definition) is 1. The van der Waals surface area contributed by atoms with Crippen molar-refractivity contribution >= 4 is 20.3 Å². The summed E-state index contributed by atoms with van der Waals surface area (Å²) in [5, 5.41) is 9.09. The van der Waals surface area contributed by atoms with Crippen LogP contribution in [0.2, 0.25) is 18.1 Å². The molecule has 160 valence electrons. The van der Waals surface area contributed by atoms with Crippen LogP contribution in [0.4, 0.5) is 0 Å². The van der Waals surface area contributed by atoms with Crippen molar-refractivity contribution < 1.29 is 23.9 Å². The smallest absolute Gasteiger partial charge is 0.308 e. The number of carbonyl (C=O) groups excluding carboxylic acids is 1. The van der Waals surface area contributed by atoms with Crippen LogP contribution in [0.15, 0.2) is 0 Å². The summed E-state index contributed by atoms with van der Waals surface area (Å²) in [5.41, 5.74) is 0. The number of rotatable bonds is 15. The van der Waals surface area contributed by atoms with E-state index in [9.17, 15) is 9.59 Å². The molecule has 0 heterocycles. The van der Waals surface area contributed by atoms with Crippen LogP contribution >= 0.6 is 0 Å². The van der Waals surface area contributed by atoms with Crippen LogP contribution in [0.25, 0.3) is 0 Å². The Balaban J connectivity index is 4.18. The number of carboxylic acids is 1. The Morgan fingerprint density at radius 2 is 1.44 bits per heavy atom. The highest BCUT2D eigenvalue weighted by Crippen LogP contribution is 2.38. The number of esters is 1. The van der Waals surface area contributed by atoms with Crippen molar-refractivity contribution in [1.82, 2.24) is 0 Å². The normalized spacial score (nSPS) is 13.4. The fraction of sp³-hybridized carbons (Fsp3) is 0.905. The molecule has 27 heavy (non-hydrogen) atoms. The molecule has 0 saturated heterocycles. The van der Waals surface area contributed by atoms with E-state index in [1.807, 2.05) is 0 Å². The maximum absolute atomic E-state index is 12.1. The van der Waals surface area contributed by atoms with Crippen molar-refractivity contribution in [2.45, 2.75) is 116 Å². The fourth-order valence-electron chi connectivity index (χ4n) is 2.61. The van der Waals surface area contributed by atoms with Gasteiger partial charge in [0, 0.05) is 0 Å². The highest BCUT2D eigenvalue weighted by molar-refractivity contribution is 6.74. The first-order chi connectivity index (χ1) is 12.5. The first kappa shape index (κ1) is 26.1. The van der Waals surface area contributed by atoms with Gasteiger partial charge >= 0.3 is 11.9 Å². The number of carbonyl (C=O) groups is 2. The van der Waals surface area contributed by atoms with Gasteiger partial charge in [0.2, 0.25) is 0 Å². The van der Waals surface area contributed by atoms with Gasteiger partial charge in [-0.1, -0.05) is 72.6 Å². The second-order valence-corrected chi connectivity index (χ2v) is 13.8. The molecule has 0 saturated carbocycles. The molecule has 1 unspecified atom stereocenters. The molecule has 0 fully saturated rings. The molecule has 0 bridgehead atoms. The largest absolute Gasteiger partial charge is 0.481 e. The minimum atomic E-state index is -2.14. The number of aliphatic carboxylic acids is 1. The Labute approximate surface area is 167 Å². The predicted molar refractivity (Wildman–Crippen MR) is 113 cm³/mol. The molecule has 1 atom stereocenters.